The van der Waals surface area contributed by atoms with Crippen molar-refractivity contribution >= 4 is 27.7 Å². The fourth-order valence-corrected chi connectivity index (χ4v) is 2.25. The van der Waals surface area contributed by atoms with Gasteiger partial charge in [-0.3, -0.25) is 4.90 Å². The first-order valence-electron chi connectivity index (χ1n) is 6.38. The van der Waals surface area contributed by atoms with Crippen molar-refractivity contribution in [1.82, 2.24) is 0 Å². The van der Waals surface area contributed by atoms with Gasteiger partial charge < -0.3 is 14.6 Å². The number of rotatable bonds is 1. The number of amides is 1. The summed E-state index contributed by atoms with van der Waals surface area (Å²) in [5.74, 6) is 0.560. The molecule has 1 aromatic carbocycles. The maximum Gasteiger partial charge on any atom is 0.415 e. The van der Waals surface area contributed by atoms with Crippen LogP contribution in [0.2, 0.25) is 0 Å². The number of carbonyl (C=O) groups excluding carboxylic acids is 1. The first kappa shape index (κ1) is 15.1. The lowest BCUT2D eigenvalue weighted by molar-refractivity contribution is 0.0519. The zero-order valence-electron chi connectivity index (χ0n) is 11.7. The highest BCUT2D eigenvalue weighted by Crippen LogP contribution is 2.36. The molecule has 1 atom stereocenters. The Kier molecular flexibility index (Phi) is 4.25. The molecular weight excluding hydrogens is 326 g/mol. The molecule has 1 aliphatic rings. The van der Waals surface area contributed by atoms with Crippen LogP contribution in [0.5, 0.6) is 5.75 Å². The fourth-order valence-electron chi connectivity index (χ4n) is 1.90. The first-order chi connectivity index (χ1) is 9.30. The van der Waals surface area contributed by atoms with Crippen LogP contribution in [0.4, 0.5) is 10.5 Å². The number of carbonyl (C=O) groups is 1. The van der Waals surface area contributed by atoms with Crippen LogP contribution < -0.4 is 9.64 Å². The minimum Gasteiger partial charge on any atom is -0.484 e. The van der Waals surface area contributed by atoms with Crippen LogP contribution in [0.25, 0.3) is 0 Å². The van der Waals surface area contributed by atoms with E-state index >= 15 is 0 Å². The van der Waals surface area contributed by atoms with Crippen molar-refractivity contribution in [2.24, 2.45) is 0 Å². The normalized spacial score (nSPS) is 18.2. The second kappa shape index (κ2) is 5.61. The third-order valence-corrected chi connectivity index (χ3v) is 3.20. The average molecular weight is 344 g/mol. The zero-order valence-corrected chi connectivity index (χ0v) is 13.3. The molecule has 6 heteroatoms. The van der Waals surface area contributed by atoms with Gasteiger partial charge in [-0.15, -0.1) is 0 Å². The van der Waals surface area contributed by atoms with Crippen molar-refractivity contribution in [2.75, 3.05) is 18.1 Å². The van der Waals surface area contributed by atoms with Gasteiger partial charge in [-0.05, 0) is 39.0 Å². The van der Waals surface area contributed by atoms with Crippen LogP contribution in [0.3, 0.4) is 0 Å². The highest BCUT2D eigenvalue weighted by atomic mass is 79.9. The van der Waals surface area contributed by atoms with Crippen LogP contribution in [0.15, 0.2) is 22.7 Å². The van der Waals surface area contributed by atoms with Gasteiger partial charge in [0.25, 0.3) is 0 Å². The third-order valence-electron chi connectivity index (χ3n) is 2.71. The summed E-state index contributed by atoms with van der Waals surface area (Å²) < 4.78 is 11.9. The van der Waals surface area contributed by atoms with E-state index in [2.05, 4.69) is 15.9 Å². The summed E-state index contributed by atoms with van der Waals surface area (Å²) in [5, 5.41) is 9.29. The van der Waals surface area contributed by atoms with E-state index in [0.717, 1.165) is 4.47 Å². The van der Waals surface area contributed by atoms with Crippen molar-refractivity contribution in [2.45, 2.75) is 32.5 Å². The van der Waals surface area contributed by atoms with Crippen molar-refractivity contribution in [3.8, 4) is 5.75 Å². The summed E-state index contributed by atoms with van der Waals surface area (Å²) in [6.45, 7) is 5.55. The molecule has 2 rings (SSSR count). The summed E-state index contributed by atoms with van der Waals surface area (Å²) in [4.78, 5) is 13.8. The molecule has 0 aromatic heterocycles. The maximum atomic E-state index is 12.3. The topological polar surface area (TPSA) is 59.0 Å². The molecule has 20 heavy (non-hydrogen) atoms. The molecule has 5 nitrogen and oxygen atoms in total. The minimum absolute atomic E-state index is 0.158. The van der Waals surface area contributed by atoms with Crippen LogP contribution in [0.1, 0.15) is 20.8 Å². The Morgan fingerprint density at radius 1 is 1.55 bits per heavy atom. The maximum absolute atomic E-state index is 12.3. The van der Waals surface area contributed by atoms with Crippen LogP contribution >= 0.6 is 15.9 Å². The minimum atomic E-state index is -0.573. The molecule has 0 radical (unpaired) electrons. The van der Waals surface area contributed by atoms with Gasteiger partial charge in [0.05, 0.1) is 18.8 Å². The molecule has 1 unspecified atom stereocenters. The van der Waals surface area contributed by atoms with E-state index in [9.17, 15) is 9.90 Å². The number of halogens is 1. The summed E-state index contributed by atoms with van der Waals surface area (Å²) in [5.41, 5.74) is 0.0642. The molecule has 0 fully saturated rings. The Hall–Kier alpha value is -1.27. The van der Waals surface area contributed by atoms with Gasteiger partial charge in [0, 0.05) is 4.47 Å². The van der Waals surface area contributed by atoms with Crippen molar-refractivity contribution < 1.29 is 19.4 Å². The summed E-state index contributed by atoms with van der Waals surface area (Å²) in [6.07, 6.45) is -0.894. The van der Waals surface area contributed by atoms with Gasteiger partial charge in [-0.25, -0.2) is 4.79 Å². The van der Waals surface area contributed by atoms with Crippen LogP contribution in [-0.2, 0) is 4.74 Å². The molecule has 1 N–H and O–H groups in total. The highest BCUT2D eigenvalue weighted by molar-refractivity contribution is 9.10. The van der Waals surface area contributed by atoms with E-state index in [1.165, 1.54) is 4.90 Å². The monoisotopic (exact) mass is 343 g/mol. The summed E-state index contributed by atoms with van der Waals surface area (Å²) in [6, 6.07) is 5.39. The Bertz CT molecular complexity index is 512. The number of aliphatic hydroxyl groups excluding tert-OH is 1. The lowest BCUT2D eigenvalue weighted by atomic mass is 10.2. The number of anilines is 1. The second-order valence-electron chi connectivity index (χ2n) is 5.63. The van der Waals surface area contributed by atoms with E-state index in [1.54, 1.807) is 12.1 Å². The number of hydrogen-bond acceptors (Lipinski definition) is 4. The van der Waals surface area contributed by atoms with Crippen molar-refractivity contribution in [3.05, 3.63) is 22.7 Å². The van der Waals surface area contributed by atoms with Gasteiger partial charge >= 0.3 is 6.09 Å². The Morgan fingerprint density at radius 3 is 2.85 bits per heavy atom. The zero-order chi connectivity index (χ0) is 14.9. The molecule has 0 saturated carbocycles. The smallest absolute Gasteiger partial charge is 0.415 e. The van der Waals surface area contributed by atoms with Crippen molar-refractivity contribution in [1.29, 1.82) is 0 Å². The molecule has 1 aliphatic heterocycles. The number of nitrogens with zero attached hydrogens (tertiary/aromatic N) is 1. The fraction of sp³-hybridized carbons (Fsp3) is 0.500. The van der Waals surface area contributed by atoms with Gasteiger partial charge in [-0.1, -0.05) is 15.9 Å². The van der Waals surface area contributed by atoms with E-state index in [4.69, 9.17) is 9.47 Å². The molecule has 1 amide bonds. The van der Waals surface area contributed by atoms with Crippen molar-refractivity contribution in [3.63, 3.8) is 0 Å². The second-order valence-corrected chi connectivity index (χ2v) is 6.54. The molecule has 0 bridgehead atoms. The van der Waals surface area contributed by atoms with Gasteiger partial charge in [0.15, 0.2) is 0 Å². The molecule has 1 heterocycles. The van der Waals surface area contributed by atoms with E-state index < -0.39 is 17.8 Å². The van der Waals surface area contributed by atoms with Gasteiger partial charge in [0.2, 0.25) is 0 Å². The standard InChI is InChI=1S/C14H18BrNO4/c1-14(2,3)20-13(18)16-7-10(8-17)19-12-5-4-9(15)6-11(12)16/h4-6,10,17H,7-8H2,1-3H3. The Morgan fingerprint density at radius 2 is 2.25 bits per heavy atom. The number of ether oxygens (including phenoxy) is 2. The lowest BCUT2D eigenvalue weighted by Gasteiger charge is -2.35. The quantitative estimate of drug-likeness (QED) is 0.851. The first-order valence-corrected chi connectivity index (χ1v) is 7.17. The predicted octanol–water partition coefficient (Wildman–Crippen LogP) is 2.94. The largest absolute Gasteiger partial charge is 0.484 e. The Labute approximate surface area is 126 Å². The molecule has 0 spiro atoms. The molecule has 0 aliphatic carbocycles. The highest BCUT2D eigenvalue weighted by Gasteiger charge is 2.32. The molecule has 0 saturated heterocycles. The van der Waals surface area contributed by atoms with Crippen LogP contribution in [0, 0.1) is 0 Å². The summed E-state index contributed by atoms with van der Waals surface area (Å²) in [7, 11) is 0. The summed E-state index contributed by atoms with van der Waals surface area (Å²) >= 11 is 3.38. The van der Waals surface area contributed by atoms with E-state index in [-0.39, 0.29) is 13.2 Å². The Balaban J connectivity index is 2.32. The molecular formula is C14H18BrNO4. The van der Waals surface area contributed by atoms with Gasteiger partial charge in [0.1, 0.15) is 17.5 Å². The lowest BCUT2D eigenvalue weighted by Crippen LogP contribution is -2.47. The third kappa shape index (κ3) is 3.43. The molecule has 110 valence electrons. The SMILES string of the molecule is CC(C)(C)OC(=O)N1CC(CO)Oc2ccc(Br)cc21. The number of benzene rings is 1. The van der Waals surface area contributed by atoms with E-state index in [0.29, 0.717) is 11.4 Å². The molecule has 1 aromatic rings. The van der Waals surface area contributed by atoms with E-state index in [1.807, 2.05) is 26.8 Å². The van der Waals surface area contributed by atoms with Gasteiger partial charge in [-0.2, -0.15) is 0 Å². The number of fused-ring (bicyclic) bond motifs is 1. The number of aliphatic hydroxyl groups is 1. The predicted molar refractivity (Wildman–Crippen MR) is 79.2 cm³/mol. The van der Waals surface area contributed by atoms with Crippen LogP contribution in [-0.4, -0.2) is 36.1 Å². The number of hydrogen-bond donors (Lipinski definition) is 1. The average Bonchev–Trinajstić information content (AvgIpc) is 2.35.